The monoisotopic (exact) mass is 205 g/mol. The normalized spacial score (nSPS) is 24.3. The smallest absolute Gasteiger partial charge is 0.0572 e. The fraction of sp³-hybridized carbons (Fsp3) is 0.583. The lowest BCUT2D eigenvalue weighted by atomic mass is 10.1. The zero-order valence-electron chi connectivity index (χ0n) is 9.26. The highest BCUT2D eigenvalue weighted by molar-refractivity contribution is 5.09. The molecule has 2 rings (SSSR count). The van der Waals surface area contributed by atoms with Gasteiger partial charge in [0.25, 0.3) is 0 Å². The Morgan fingerprint density at radius 2 is 2.47 bits per heavy atom. The van der Waals surface area contributed by atoms with Gasteiger partial charge in [-0.3, -0.25) is 9.88 Å². The van der Waals surface area contributed by atoms with E-state index in [0.29, 0.717) is 12.1 Å². The molecular weight excluding hydrogens is 186 g/mol. The molecule has 1 aliphatic heterocycles. The van der Waals surface area contributed by atoms with E-state index in [2.05, 4.69) is 22.9 Å². The van der Waals surface area contributed by atoms with Gasteiger partial charge >= 0.3 is 0 Å². The molecule has 0 spiro atoms. The molecule has 2 heterocycles. The van der Waals surface area contributed by atoms with Crippen LogP contribution in [0, 0.1) is 0 Å². The Morgan fingerprint density at radius 1 is 1.60 bits per heavy atom. The number of nitrogens with two attached hydrogens (primary N) is 1. The maximum atomic E-state index is 5.78. The molecule has 2 unspecified atom stereocenters. The SMILES string of the molecule is CC(c1ccccn1)N1CCCC1CN. The fourth-order valence-corrected chi connectivity index (χ4v) is 2.41. The minimum Gasteiger partial charge on any atom is -0.329 e. The number of aromatic nitrogens is 1. The Bertz CT molecular complexity index is 299. The van der Waals surface area contributed by atoms with Gasteiger partial charge in [-0.05, 0) is 38.4 Å². The van der Waals surface area contributed by atoms with Gasteiger partial charge in [-0.25, -0.2) is 0 Å². The summed E-state index contributed by atoms with van der Waals surface area (Å²) in [5.74, 6) is 0. The molecule has 3 heteroatoms. The van der Waals surface area contributed by atoms with Crippen LogP contribution in [0.2, 0.25) is 0 Å². The van der Waals surface area contributed by atoms with E-state index in [0.717, 1.165) is 18.8 Å². The van der Waals surface area contributed by atoms with Crippen molar-refractivity contribution in [3.05, 3.63) is 30.1 Å². The van der Waals surface area contributed by atoms with Crippen molar-refractivity contribution < 1.29 is 0 Å². The Hall–Kier alpha value is -0.930. The van der Waals surface area contributed by atoms with Crippen LogP contribution in [-0.4, -0.2) is 29.0 Å². The predicted molar refractivity (Wildman–Crippen MR) is 61.4 cm³/mol. The van der Waals surface area contributed by atoms with Gasteiger partial charge in [0.15, 0.2) is 0 Å². The second-order valence-electron chi connectivity index (χ2n) is 4.20. The minimum atomic E-state index is 0.391. The number of pyridine rings is 1. The van der Waals surface area contributed by atoms with E-state index in [1.807, 2.05) is 18.3 Å². The van der Waals surface area contributed by atoms with E-state index < -0.39 is 0 Å². The first-order chi connectivity index (χ1) is 7.33. The third-order valence-corrected chi connectivity index (χ3v) is 3.31. The van der Waals surface area contributed by atoms with Crippen molar-refractivity contribution in [2.24, 2.45) is 5.73 Å². The maximum Gasteiger partial charge on any atom is 0.0572 e. The van der Waals surface area contributed by atoms with E-state index in [9.17, 15) is 0 Å². The summed E-state index contributed by atoms with van der Waals surface area (Å²) < 4.78 is 0. The second kappa shape index (κ2) is 4.73. The molecule has 0 bridgehead atoms. The zero-order valence-corrected chi connectivity index (χ0v) is 9.26. The van der Waals surface area contributed by atoms with Crippen LogP contribution in [0.4, 0.5) is 0 Å². The quantitative estimate of drug-likeness (QED) is 0.814. The van der Waals surface area contributed by atoms with Crippen LogP contribution in [0.25, 0.3) is 0 Å². The molecule has 0 amide bonds. The number of hydrogen-bond donors (Lipinski definition) is 1. The summed E-state index contributed by atoms with van der Waals surface area (Å²) in [6.07, 6.45) is 4.35. The van der Waals surface area contributed by atoms with E-state index in [-0.39, 0.29) is 0 Å². The molecule has 15 heavy (non-hydrogen) atoms. The Kier molecular flexibility index (Phi) is 3.34. The lowest BCUT2D eigenvalue weighted by Crippen LogP contribution is -2.37. The summed E-state index contributed by atoms with van der Waals surface area (Å²) in [6.45, 7) is 4.13. The highest BCUT2D eigenvalue weighted by Crippen LogP contribution is 2.27. The first-order valence-corrected chi connectivity index (χ1v) is 5.69. The average Bonchev–Trinajstić information content (AvgIpc) is 2.77. The minimum absolute atomic E-state index is 0.391. The highest BCUT2D eigenvalue weighted by atomic mass is 15.2. The van der Waals surface area contributed by atoms with Crippen molar-refractivity contribution in [3.63, 3.8) is 0 Å². The average molecular weight is 205 g/mol. The molecule has 2 atom stereocenters. The van der Waals surface area contributed by atoms with E-state index in [4.69, 9.17) is 5.73 Å². The van der Waals surface area contributed by atoms with Crippen LogP contribution in [0.1, 0.15) is 31.5 Å². The van der Waals surface area contributed by atoms with Crippen LogP contribution in [-0.2, 0) is 0 Å². The molecule has 1 aromatic rings. The second-order valence-corrected chi connectivity index (χ2v) is 4.20. The van der Waals surface area contributed by atoms with Gasteiger partial charge < -0.3 is 5.73 Å². The van der Waals surface area contributed by atoms with Crippen molar-refractivity contribution in [3.8, 4) is 0 Å². The van der Waals surface area contributed by atoms with Gasteiger partial charge in [0.2, 0.25) is 0 Å². The van der Waals surface area contributed by atoms with Crippen LogP contribution in [0.15, 0.2) is 24.4 Å². The molecule has 1 aromatic heterocycles. The fourth-order valence-electron chi connectivity index (χ4n) is 2.41. The van der Waals surface area contributed by atoms with Gasteiger partial charge in [0, 0.05) is 24.8 Å². The lowest BCUT2D eigenvalue weighted by Gasteiger charge is -2.29. The molecule has 0 aliphatic carbocycles. The van der Waals surface area contributed by atoms with Gasteiger partial charge in [0.1, 0.15) is 0 Å². The van der Waals surface area contributed by atoms with Gasteiger partial charge in [-0.2, -0.15) is 0 Å². The first-order valence-electron chi connectivity index (χ1n) is 5.69. The highest BCUT2D eigenvalue weighted by Gasteiger charge is 2.28. The largest absolute Gasteiger partial charge is 0.329 e. The summed E-state index contributed by atoms with van der Waals surface area (Å²) in [7, 11) is 0. The van der Waals surface area contributed by atoms with Crippen LogP contribution < -0.4 is 5.73 Å². The zero-order chi connectivity index (χ0) is 10.7. The van der Waals surface area contributed by atoms with Crippen molar-refractivity contribution in [2.45, 2.75) is 31.8 Å². The molecule has 3 nitrogen and oxygen atoms in total. The van der Waals surface area contributed by atoms with Crippen molar-refractivity contribution in [1.29, 1.82) is 0 Å². The van der Waals surface area contributed by atoms with Crippen molar-refractivity contribution in [2.75, 3.05) is 13.1 Å². The molecule has 1 aliphatic rings. The van der Waals surface area contributed by atoms with Crippen LogP contribution in [0.5, 0.6) is 0 Å². The Balaban J connectivity index is 2.10. The number of nitrogens with zero attached hydrogens (tertiary/aromatic N) is 2. The topological polar surface area (TPSA) is 42.2 Å². The predicted octanol–water partition coefficient (Wildman–Crippen LogP) is 1.57. The molecular formula is C12H19N3. The standard InChI is InChI=1S/C12H19N3/c1-10(12-6-2-3-7-14-12)15-8-4-5-11(15)9-13/h2-3,6-7,10-11H,4-5,8-9,13H2,1H3. The molecule has 2 N–H and O–H groups in total. The molecule has 1 fully saturated rings. The summed E-state index contributed by atoms with van der Waals surface area (Å²) in [4.78, 5) is 6.88. The summed E-state index contributed by atoms with van der Waals surface area (Å²) in [5, 5.41) is 0. The summed E-state index contributed by atoms with van der Waals surface area (Å²) in [6, 6.07) is 7.04. The summed E-state index contributed by atoms with van der Waals surface area (Å²) in [5.41, 5.74) is 6.93. The third kappa shape index (κ3) is 2.19. The number of hydrogen-bond acceptors (Lipinski definition) is 3. The van der Waals surface area contributed by atoms with E-state index in [1.54, 1.807) is 0 Å². The van der Waals surface area contributed by atoms with Crippen molar-refractivity contribution >= 4 is 0 Å². The number of likely N-dealkylation sites (tertiary alicyclic amines) is 1. The Labute approximate surface area is 91.3 Å². The first kappa shape index (κ1) is 10.6. The third-order valence-electron chi connectivity index (χ3n) is 3.31. The summed E-state index contributed by atoms with van der Waals surface area (Å²) >= 11 is 0. The molecule has 0 saturated carbocycles. The van der Waals surface area contributed by atoms with Gasteiger partial charge in [0.05, 0.1) is 5.69 Å². The van der Waals surface area contributed by atoms with Crippen LogP contribution >= 0.6 is 0 Å². The van der Waals surface area contributed by atoms with Gasteiger partial charge in [-0.1, -0.05) is 6.07 Å². The van der Waals surface area contributed by atoms with Gasteiger partial charge in [-0.15, -0.1) is 0 Å². The van der Waals surface area contributed by atoms with E-state index in [1.165, 1.54) is 12.8 Å². The molecule has 0 aromatic carbocycles. The molecule has 82 valence electrons. The number of rotatable bonds is 3. The molecule has 0 radical (unpaired) electrons. The van der Waals surface area contributed by atoms with E-state index >= 15 is 0 Å². The van der Waals surface area contributed by atoms with Crippen LogP contribution in [0.3, 0.4) is 0 Å². The molecule has 1 saturated heterocycles. The Morgan fingerprint density at radius 3 is 3.13 bits per heavy atom. The lowest BCUT2D eigenvalue weighted by molar-refractivity contribution is 0.193. The van der Waals surface area contributed by atoms with Crippen molar-refractivity contribution in [1.82, 2.24) is 9.88 Å². The maximum absolute atomic E-state index is 5.78.